The van der Waals surface area contributed by atoms with E-state index in [0.29, 0.717) is 10.6 Å². The van der Waals surface area contributed by atoms with Crippen LogP contribution >= 0.6 is 11.6 Å². The Bertz CT molecular complexity index is 1020. The van der Waals surface area contributed by atoms with Crippen molar-refractivity contribution in [1.29, 1.82) is 0 Å². The number of nitrogens with zero attached hydrogens (tertiary/aromatic N) is 2. The number of rotatable bonds is 4. The zero-order valence-electron chi connectivity index (χ0n) is 12.9. The maximum atomic E-state index is 12.5. The Morgan fingerprint density at radius 2 is 1.76 bits per heavy atom. The highest BCUT2D eigenvalue weighted by Crippen LogP contribution is 2.29. The van der Waals surface area contributed by atoms with Gasteiger partial charge in [0, 0.05) is 35.1 Å². The van der Waals surface area contributed by atoms with Crippen LogP contribution in [0.2, 0.25) is 5.15 Å². The lowest BCUT2D eigenvalue weighted by molar-refractivity contribution is 0.600. The molecule has 0 spiro atoms. The van der Waals surface area contributed by atoms with Gasteiger partial charge in [-0.2, -0.15) is 0 Å². The van der Waals surface area contributed by atoms with E-state index in [0.717, 1.165) is 22.2 Å². The number of aromatic nitrogens is 3. The minimum absolute atomic E-state index is 0.267. The van der Waals surface area contributed by atoms with Gasteiger partial charge in [-0.25, -0.2) is 14.7 Å². The van der Waals surface area contributed by atoms with Crippen LogP contribution in [-0.2, 0) is 11.4 Å². The summed E-state index contributed by atoms with van der Waals surface area (Å²) in [6.07, 6.45) is 5.29. The molecule has 3 aromatic heterocycles. The van der Waals surface area contributed by atoms with Crippen molar-refractivity contribution in [1.82, 2.24) is 15.0 Å². The molecule has 4 rings (SSSR count). The summed E-state index contributed by atoms with van der Waals surface area (Å²) >= 11 is 4.74. The first-order valence-corrected chi connectivity index (χ1v) is 9.06. The van der Waals surface area contributed by atoms with E-state index in [1.165, 1.54) is 0 Å². The third-order valence-corrected chi connectivity index (χ3v) is 5.14. The second-order valence-corrected chi connectivity index (χ2v) is 6.96. The van der Waals surface area contributed by atoms with Gasteiger partial charge in [-0.1, -0.05) is 29.8 Å². The van der Waals surface area contributed by atoms with Gasteiger partial charge in [0.05, 0.1) is 0 Å². The standard InChI is InChI=1S/C18H13ClN4OS/c19-17-16(23-25(24)15-4-2-1-3-5-15)9-14(10-21-17)13-8-12-6-7-20-18(12)22-11-13/h1-11,23H,(H,20,22). The van der Waals surface area contributed by atoms with Crippen LogP contribution < -0.4 is 4.72 Å². The van der Waals surface area contributed by atoms with Crippen molar-refractivity contribution in [3.8, 4) is 11.1 Å². The Kier molecular flexibility index (Phi) is 4.31. The predicted molar refractivity (Wildman–Crippen MR) is 101 cm³/mol. The quantitative estimate of drug-likeness (QED) is 0.413. The Hall–Kier alpha value is -2.54. The van der Waals surface area contributed by atoms with E-state index in [9.17, 15) is 4.55 Å². The van der Waals surface area contributed by atoms with Gasteiger partial charge in [0.15, 0.2) is 10.0 Å². The molecule has 25 heavy (non-hydrogen) atoms. The third-order valence-electron chi connectivity index (χ3n) is 3.73. The fourth-order valence-corrected chi connectivity index (χ4v) is 3.56. The van der Waals surface area contributed by atoms with E-state index < -0.39 is 11.4 Å². The summed E-state index contributed by atoms with van der Waals surface area (Å²) in [7, 11) is 0. The average Bonchev–Trinajstić information content (AvgIpc) is 3.12. The molecule has 0 fully saturated rings. The normalized spacial score (nSPS) is 12.2. The summed E-state index contributed by atoms with van der Waals surface area (Å²) in [5.74, 6) is 0. The number of fused-ring (bicyclic) bond motifs is 1. The van der Waals surface area contributed by atoms with Crippen LogP contribution in [0.5, 0.6) is 0 Å². The number of nitrogens with one attached hydrogen (secondary N) is 2. The monoisotopic (exact) mass is 368 g/mol. The molecule has 1 atom stereocenters. The van der Waals surface area contributed by atoms with Crippen LogP contribution in [0.3, 0.4) is 0 Å². The molecule has 0 aliphatic heterocycles. The number of hydrogen-bond acceptors (Lipinski definition) is 4. The number of H-pyrrole nitrogens is 1. The zero-order chi connectivity index (χ0) is 17.2. The lowest BCUT2D eigenvalue weighted by atomic mass is 10.1. The van der Waals surface area contributed by atoms with Crippen molar-refractivity contribution in [2.75, 3.05) is 4.72 Å². The summed E-state index contributed by atoms with van der Waals surface area (Å²) in [6.45, 7) is 0. The molecule has 0 saturated carbocycles. The maximum absolute atomic E-state index is 12.5. The van der Waals surface area contributed by atoms with Crippen molar-refractivity contribution < 1.29 is 4.55 Å². The minimum atomic E-state index is -1.42. The molecule has 1 unspecified atom stereocenters. The molecular formula is C18H13ClN4OS. The van der Waals surface area contributed by atoms with Crippen LogP contribution in [0.4, 0.5) is 5.69 Å². The topological polar surface area (TPSA) is 76.7 Å². The highest BCUT2D eigenvalue weighted by Gasteiger charge is 2.15. The molecule has 5 nitrogen and oxygen atoms in total. The van der Waals surface area contributed by atoms with Gasteiger partial charge in [0.1, 0.15) is 22.7 Å². The highest BCUT2D eigenvalue weighted by molar-refractivity contribution is 7.92. The summed E-state index contributed by atoms with van der Waals surface area (Å²) < 4.78 is 15.4. The third kappa shape index (κ3) is 3.32. The molecule has 1 aromatic carbocycles. The van der Waals surface area contributed by atoms with Crippen LogP contribution in [0.15, 0.2) is 72.0 Å². The number of benzene rings is 1. The Morgan fingerprint density at radius 1 is 1.00 bits per heavy atom. The molecule has 0 aliphatic carbocycles. The summed E-state index contributed by atoms with van der Waals surface area (Å²) in [6, 6.07) is 14.9. The molecule has 2 N–H and O–H groups in total. The molecule has 0 radical (unpaired) electrons. The minimum Gasteiger partial charge on any atom is -0.588 e. The van der Waals surface area contributed by atoms with E-state index in [1.54, 1.807) is 24.5 Å². The molecule has 0 bridgehead atoms. The van der Waals surface area contributed by atoms with Gasteiger partial charge in [-0.05, 0) is 30.3 Å². The first-order chi connectivity index (χ1) is 12.2. The molecule has 0 amide bonds. The largest absolute Gasteiger partial charge is 0.588 e. The number of anilines is 1. The number of pyridine rings is 2. The maximum Gasteiger partial charge on any atom is 0.179 e. The van der Waals surface area contributed by atoms with Crippen molar-refractivity contribution in [2.24, 2.45) is 0 Å². The molecule has 4 aromatic rings. The van der Waals surface area contributed by atoms with E-state index in [-0.39, 0.29) is 5.15 Å². The molecule has 7 heteroatoms. The summed E-state index contributed by atoms with van der Waals surface area (Å²) in [5, 5.41) is 1.28. The second kappa shape index (κ2) is 6.76. The lowest BCUT2D eigenvalue weighted by Crippen LogP contribution is -2.13. The predicted octanol–water partition coefficient (Wildman–Crippen LogP) is 4.41. The van der Waals surface area contributed by atoms with E-state index in [1.807, 2.05) is 42.6 Å². The Morgan fingerprint density at radius 3 is 2.60 bits per heavy atom. The van der Waals surface area contributed by atoms with Gasteiger partial charge in [-0.3, -0.25) is 0 Å². The first-order valence-electron chi connectivity index (χ1n) is 7.53. The van der Waals surface area contributed by atoms with E-state index >= 15 is 0 Å². The van der Waals surface area contributed by atoms with Crippen LogP contribution in [0.1, 0.15) is 0 Å². The summed E-state index contributed by atoms with van der Waals surface area (Å²) in [4.78, 5) is 12.3. The van der Waals surface area contributed by atoms with Gasteiger partial charge < -0.3 is 9.54 Å². The van der Waals surface area contributed by atoms with Crippen molar-refractivity contribution in [2.45, 2.75) is 4.90 Å². The molecule has 0 aliphatic rings. The molecule has 0 saturated heterocycles. The number of aromatic amines is 1. The van der Waals surface area contributed by atoms with Crippen molar-refractivity contribution in [3.63, 3.8) is 0 Å². The number of hydrogen-bond donors (Lipinski definition) is 2. The first kappa shape index (κ1) is 16.0. The van der Waals surface area contributed by atoms with E-state index in [4.69, 9.17) is 11.6 Å². The molecular weight excluding hydrogens is 356 g/mol. The van der Waals surface area contributed by atoms with Gasteiger partial charge in [0.2, 0.25) is 0 Å². The average molecular weight is 369 g/mol. The van der Waals surface area contributed by atoms with Crippen LogP contribution in [0.25, 0.3) is 22.2 Å². The SMILES string of the molecule is [O-][S+](Nc1cc(-c2cnc3[nH]ccc3c2)cnc1Cl)c1ccccc1. The van der Waals surface area contributed by atoms with E-state index in [2.05, 4.69) is 19.7 Å². The van der Waals surface area contributed by atoms with Gasteiger partial charge in [0.25, 0.3) is 0 Å². The van der Waals surface area contributed by atoms with Crippen molar-refractivity contribution >= 4 is 39.7 Å². The zero-order valence-corrected chi connectivity index (χ0v) is 14.5. The smallest absolute Gasteiger partial charge is 0.179 e. The number of halogens is 1. The summed E-state index contributed by atoms with van der Waals surface area (Å²) in [5.41, 5.74) is 3.09. The van der Waals surface area contributed by atoms with Crippen LogP contribution in [0, 0.1) is 0 Å². The van der Waals surface area contributed by atoms with Crippen molar-refractivity contribution in [3.05, 3.63) is 72.3 Å². The molecule has 124 valence electrons. The van der Waals surface area contributed by atoms with Crippen LogP contribution in [-0.4, -0.2) is 19.5 Å². The fourth-order valence-electron chi connectivity index (χ4n) is 2.48. The highest BCUT2D eigenvalue weighted by atomic mass is 35.5. The lowest BCUT2D eigenvalue weighted by Gasteiger charge is -2.13. The van der Waals surface area contributed by atoms with Gasteiger partial charge in [-0.15, -0.1) is 0 Å². The fraction of sp³-hybridized carbons (Fsp3) is 0. The Balaban J connectivity index is 1.66. The molecule has 3 heterocycles. The Labute approximate surface area is 152 Å². The van der Waals surface area contributed by atoms with Gasteiger partial charge >= 0.3 is 0 Å². The second-order valence-electron chi connectivity index (χ2n) is 5.39.